The molecule has 0 spiro atoms. The molecule has 200 valence electrons. The van der Waals surface area contributed by atoms with Crippen LogP contribution in [0.15, 0.2) is 36.4 Å². The first-order valence-electron chi connectivity index (χ1n) is 13.3. The van der Waals surface area contributed by atoms with E-state index >= 15 is 4.39 Å². The van der Waals surface area contributed by atoms with Gasteiger partial charge in [-0.25, -0.2) is 9.18 Å². The summed E-state index contributed by atoms with van der Waals surface area (Å²) in [4.78, 5) is 36.6. The molecule has 0 saturated carbocycles. The van der Waals surface area contributed by atoms with Gasteiger partial charge in [0.25, 0.3) is 5.91 Å². The minimum absolute atomic E-state index is 0.0504. The molecule has 2 saturated heterocycles. The van der Waals surface area contributed by atoms with Gasteiger partial charge < -0.3 is 19.7 Å². The number of methoxy groups -OCH3 is 1. The van der Waals surface area contributed by atoms with Gasteiger partial charge in [0.1, 0.15) is 17.3 Å². The highest BCUT2D eigenvalue weighted by Gasteiger charge is 2.60. The molecule has 3 aliphatic rings. The Kier molecular flexibility index (Phi) is 5.86. The molecule has 0 radical (unpaired) electrons. The van der Waals surface area contributed by atoms with Crippen LogP contribution in [0, 0.1) is 11.7 Å². The van der Waals surface area contributed by atoms with Crippen molar-refractivity contribution in [3.8, 4) is 11.5 Å². The molecule has 2 aromatic carbocycles. The number of rotatable bonds is 5. The molecule has 6 rings (SSSR count). The molecule has 2 atom stereocenters. The number of phenolic OH excluding ortho intramolecular Hbond substituents is 1. The zero-order chi connectivity index (χ0) is 26.8. The molecule has 3 aliphatic heterocycles. The lowest BCUT2D eigenvalue weighted by Crippen LogP contribution is -2.53. The number of urea groups is 1. The highest BCUT2D eigenvalue weighted by atomic mass is 19.1. The maximum atomic E-state index is 15.6. The number of aromatic nitrogens is 1. The quantitative estimate of drug-likeness (QED) is 0.486. The van der Waals surface area contributed by atoms with Crippen molar-refractivity contribution in [1.29, 1.82) is 0 Å². The van der Waals surface area contributed by atoms with Gasteiger partial charge in [0.15, 0.2) is 11.6 Å². The van der Waals surface area contributed by atoms with E-state index in [-0.39, 0.29) is 29.9 Å². The van der Waals surface area contributed by atoms with Gasteiger partial charge in [0.2, 0.25) is 0 Å². The molecule has 3 aromatic rings. The Hall–Kier alpha value is -3.59. The predicted octanol–water partition coefficient (Wildman–Crippen LogP) is 4.42. The van der Waals surface area contributed by atoms with Gasteiger partial charge in [-0.15, -0.1) is 0 Å². The number of fused-ring (bicyclic) bond motifs is 4. The third kappa shape index (κ3) is 3.66. The van der Waals surface area contributed by atoms with Crippen molar-refractivity contribution in [2.24, 2.45) is 5.92 Å². The summed E-state index contributed by atoms with van der Waals surface area (Å²) in [5, 5.41) is 10.7. The summed E-state index contributed by atoms with van der Waals surface area (Å²) in [5.74, 6) is 0.0881. The Morgan fingerprint density at radius 1 is 1.16 bits per heavy atom. The number of benzene rings is 2. The number of phenols is 1. The Morgan fingerprint density at radius 3 is 2.63 bits per heavy atom. The molecular formula is C29H33FN4O4. The smallest absolute Gasteiger partial charge is 0.328 e. The van der Waals surface area contributed by atoms with Crippen molar-refractivity contribution in [1.82, 2.24) is 19.7 Å². The zero-order valence-corrected chi connectivity index (χ0v) is 22.0. The van der Waals surface area contributed by atoms with Crippen molar-refractivity contribution in [2.75, 3.05) is 33.3 Å². The van der Waals surface area contributed by atoms with Crippen LogP contribution in [0.5, 0.6) is 11.5 Å². The fourth-order valence-electron chi connectivity index (χ4n) is 6.47. The average molecular weight is 521 g/mol. The van der Waals surface area contributed by atoms with Gasteiger partial charge >= 0.3 is 6.03 Å². The highest BCUT2D eigenvalue weighted by Crippen LogP contribution is 2.49. The lowest BCUT2D eigenvalue weighted by atomic mass is 9.81. The fourth-order valence-corrected chi connectivity index (χ4v) is 6.47. The summed E-state index contributed by atoms with van der Waals surface area (Å²) in [7, 11) is 1.42. The summed E-state index contributed by atoms with van der Waals surface area (Å²) in [6.07, 6.45) is 2.40. The number of nitrogens with zero attached hydrogens (tertiary/aromatic N) is 3. The van der Waals surface area contributed by atoms with Crippen molar-refractivity contribution in [2.45, 2.75) is 44.7 Å². The van der Waals surface area contributed by atoms with E-state index < -0.39 is 17.4 Å². The Bertz CT molecular complexity index is 1430. The number of hydrogen-bond donors (Lipinski definition) is 2. The van der Waals surface area contributed by atoms with Crippen LogP contribution >= 0.6 is 0 Å². The van der Waals surface area contributed by atoms with Crippen LogP contribution in [0.4, 0.5) is 9.18 Å². The van der Waals surface area contributed by atoms with Crippen LogP contribution in [0.1, 0.15) is 49.6 Å². The Labute approximate surface area is 221 Å². The monoisotopic (exact) mass is 520 g/mol. The van der Waals surface area contributed by atoms with Crippen LogP contribution in [0.3, 0.4) is 0 Å². The number of likely N-dealkylation sites (tertiary alicyclic amines) is 1. The maximum Gasteiger partial charge on any atom is 0.328 e. The molecular weight excluding hydrogens is 487 g/mol. The number of aromatic hydroxyl groups is 1. The molecule has 2 fully saturated rings. The van der Waals surface area contributed by atoms with E-state index in [2.05, 4.69) is 16.8 Å². The summed E-state index contributed by atoms with van der Waals surface area (Å²) in [6, 6.07) is 8.92. The second-order valence-electron chi connectivity index (χ2n) is 11.1. The van der Waals surface area contributed by atoms with E-state index in [1.807, 2.05) is 6.07 Å². The number of amides is 3. The molecule has 9 heteroatoms. The van der Waals surface area contributed by atoms with Crippen LogP contribution < -0.4 is 4.74 Å². The first kappa shape index (κ1) is 24.7. The number of hydrogen-bond acceptors (Lipinski definition) is 5. The minimum Gasteiger partial charge on any atom is -0.508 e. The van der Waals surface area contributed by atoms with Crippen LogP contribution in [-0.4, -0.2) is 75.6 Å². The van der Waals surface area contributed by atoms with Crippen molar-refractivity contribution in [3.63, 3.8) is 0 Å². The summed E-state index contributed by atoms with van der Waals surface area (Å²) < 4.78 is 20.8. The van der Waals surface area contributed by atoms with Gasteiger partial charge in [-0.05, 0) is 74.2 Å². The van der Waals surface area contributed by atoms with Gasteiger partial charge in [-0.3, -0.25) is 14.6 Å². The van der Waals surface area contributed by atoms with Crippen molar-refractivity contribution in [3.05, 3.63) is 59.0 Å². The van der Waals surface area contributed by atoms with E-state index in [0.29, 0.717) is 46.7 Å². The SMILES string of the molecule is COc1ccc2[nH]c3c(c2c1F)C[C@@]1(C)C(=O)N(CCN2CCC(C)CC2)C(=O)N1[C@@H]3c1cccc(O)c1. The fraction of sp³-hybridized carbons (Fsp3) is 0.448. The standard InChI is InChI=1S/C29H33FN4O4/c1-17-9-11-32(12-10-17)13-14-33-27(36)29(2)16-20-23-21(7-8-22(38-3)24(23)30)31-25(20)26(34(29)28(33)37)18-5-4-6-19(35)15-18/h4-8,15,17,26,31,35H,9-14,16H2,1-3H3/t26-,29+/m1/s1. The maximum absolute atomic E-state index is 15.6. The average Bonchev–Trinajstić information content (AvgIpc) is 3.35. The van der Waals surface area contributed by atoms with Gasteiger partial charge in [-0.1, -0.05) is 19.1 Å². The number of carbonyl (C=O) groups excluding carboxylic acids is 2. The number of nitrogens with one attached hydrogen (secondary N) is 1. The topological polar surface area (TPSA) is 89.1 Å². The number of piperidine rings is 1. The second-order valence-corrected chi connectivity index (χ2v) is 11.1. The highest BCUT2D eigenvalue weighted by molar-refractivity contribution is 6.08. The van der Waals surface area contributed by atoms with E-state index in [1.165, 1.54) is 12.0 Å². The van der Waals surface area contributed by atoms with Crippen molar-refractivity contribution < 1.29 is 23.8 Å². The van der Waals surface area contributed by atoms with Crippen LogP contribution in [0.2, 0.25) is 0 Å². The number of ether oxygens (including phenoxy) is 1. The molecule has 8 nitrogen and oxygen atoms in total. The van der Waals surface area contributed by atoms with E-state index in [0.717, 1.165) is 25.9 Å². The third-order valence-electron chi connectivity index (χ3n) is 8.65. The third-order valence-corrected chi connectivity index (χ3v) is 8.65. The Balaban J connectivity index is 1.44. The number of halogens is 1. The molecule has 2 N–H and O–H groups in total. The number of H-pyrrole nitrogens is 1. The molecule has 38 heavy (non-hydrogen) atoms. The minimum atomic E-state index is -1.21. The first-order chi connectivity index (χ1) is 18.2. The molecule has 4 heterocycles. The summed E-state index contributed by atoms with van der Waals surface area (Å²) in [5.41, 5.74) is 1.30. The van der Waals surface area contributed by atoms with Crippen LogP contribution in [-0.2, 0) is 11.2 Å². The largest absolute Gasteiger partial charge is 0.508 e. The second kappa shape index (κ2) is 9.01. The lowest BCUT2D eigenvalue weighted by Gasteiger charge is -2.42. The first-order valence-corrected chi connectivity index (χ1v) is 13.3. The molecule has 3 amide bonds. The predicted molar refractivity (Wildman–Crippen MR) is 141 cm³/mol. The summed E-state index contributed by atoms with van der Waals surface area (Å²) in [6.45, 7) is 6.88. The number of imide groups is 1. The molecule has 0 unspecified atom stereocenters. The van der Waals surface area contributed by atoms with E-state index in [4.69, 9.17) is 4.74 Å². The van der Waals surface area contributed by atoms with Gasteiger partial charge in [0.05, 0.1) is 7.11 Å². The molecule has 0 aliphatic carbocycles. The van der Waals surface area contributed by atoms with Gasteiger partial charge in [-0.2, -0.15) is 0 Å². The van der Waals surface area contributed by atoms with Crippen molar-refractivity contribution >= 4 is 22.8 Å². The van der Waals surface area contributed by atoms with Gasteiger partial charge in [0, 0.05) is 36.1 Å². The number of carbonyl (C=O) groups is 2. The van der Waals surface area contributed by atoms with E-state index in [1.54, 1.807) is 42.2 Å². The number of aromatic amines is 1. The van der Waals surface area contributed by atoms with E-state index in [9.17, 15) is 14.7 Å². The van der Waals surface area contributed by atoms with Crippen LogP contribution in [0.25, 0.3) is 10.9 Å². The normalized spacial score (nSPS) is 24.3. The molecule has 0 bridgehead atoms. The zero-order valence-electron chi connectivity index (χ0n) is 22.0. The Morgan fingerprint density at radius 2 is 1.92 bits per heavy atom. The molecule has 1 aromatic heterocycles. The lowest BCUT2D eigenvalue weighted by molar-refractivity contribution is -0.133. The summed E-state index contributed by atoms with van der Waals surface area (Å²) >= 11 is 0.